The topological polar surface area (TPSA) is 41.5 Å². The molecule has 1 aliphatic rings. The molecule has 3 unspecified atom stereocenters. The Hall–Kier alpha value is -0.560. The van der Waals surface area contributed by atoms with Crippen LogP contribution in [-0.4, -0.2) is 37.0 Å². The summed E-state index contributed by atoms with van der Waals surface area (Å²) in [5.74, 6) is 3.27. The molecule has 0 aromatic carbocycles. The first kappa shape index (κ1) is 16.5. The zero-order chi connectivity index (χ0) is 13.9. The molecule has 2 N–H and O–H groups in total. The minimum absolute atomic E-state index is 0.346. The van der Waals surface area contributed by atoms with Gasteiger partial charge in [-0.05, 0) is 38.1 Å². The van der Waals surface area contributed by atoms with Gasteiger partial charge in [0.1, 0.15) is 0 Å². The highest BCUT2D eigenvalue weighted by atomic mass is 16.5. The fourth-order valence-electron chi connectivity index (χ4n) is 2.57. The molecule has 0 aliphatic heterocycles. The largest absolute Gasteiger partial charge is 0.389 e. The Labute approximate surface area is 118 Å². The van der Waals surface area contributed by atoms with Crippen LogP contribution in [-0.2, 0) is 4.74 Å². The van der Waals surface area contributed by atoms with Gasteiger partial charge < -0.3 is 15.2 Å². The summed E-state index contributed by atoms with van der Waals surface area (Å²) in [6, 6.07) is 0. The van der Waals surface area contributed by atoms with Crippen molar-refractivity contribution < 1.29 is 9.84 Å². The third-order valence-electron chi connectivity index (χ3n) is 3.84. The number of aliphatic hydroxyl groups excluding tert-OH is 1. The molecule has 0 heterocycles. The van der Waals surface area contributed by atoms with Gasteiger partial charge in [0.15, 0.2) is 0 Å². The summed E-state index contributed by atoms with van der Waals surface area (Å²) in [5.41, 5.74) is 0. The normalized spacial score (nSPS) is 24.9. The van der Waals surface area contributed by atoms with E-state index in [4.69, 9.17) is 11.2 Å². The molecule has 0 aromatic rings. The van der Waals surface area contributed by atoms with Crippen LogP contribution in [0.2, 0.25) is 0 Å². The molecule has 1 rings (SSSR count). The molecule has 0 aromatic heterocycles. The SMILES string of the molecule is C#CCCCCNCC(O)COC1CCCCC1C. The second-order valence-corrected chi connectivity index (χ2v) is 5.65. The lowest BCUT2D eigenvalue weighted by atomic mass is 9.88. The van der Waals surface area contributed by atoms with E-state index < -0.39 is 6.10 Å². The molecule has 1 fully saturated rings. The monoisotopic (exact) mass is 267 g/mol. The lowest BCUT2D eigenvalue weighted by Crippen LogP contribution is -2.34. The fraction of sp³-hybridized carbons (Fsp3) is 0.875. The number of ether oxygens (including phenoxy) is 1. The van der Waals surface area contributed by atoms with Crippen molar-refractivity contribution in [2.24, 2.45) is 5.92 Å². The average Bonchev–Trinajstić information content (AvgIpc) is 2.42. The Bertz CT molecular complexity index is 262. The minimum atomic E-state index is -0.401. The van der Waals surface area contributed by atoms with Gasteiger partial charge in [-0.3, -0.25) is 0 Å². The zero-order valence-corrected chi connectivity index (χ0v) is 12.2. The minimum Gasteiger partial charge on any atom is -0.389 e. The summed E-state index contributed by atoms with van der Waals surface area (Å²) in [7, 11) is 0. The molecule has 3 heteroatoms. The summed E-state index contributed by atoms with van der Waals surface area (Å²) < 4.78 is 5.84. The van der Waals surface area contributed by atoms with E-state index in [0.29, 0.717) is 25.2 Å². The number of nitrogens with one attached hydrogen (secondary N) is 1. The van der Waals surface area contributed by atoms with E-state index >= 15 is 0 Å². The van der Waals surface area contributed by atoms with Crippen LogP contribution < -0.4 is 5.32 Å². The molecule has 0 spiro atoms. The highest BCUT2D eigenvalue weighted by Crippen LogP contribution is 2.26. The summed E-state index contributed by atoms with van der Waals surface area (Å²) >= 11 is 0. The van der Waals surface area contributed by atoms with Gasteiger partial charge in [0, 0.05) is 13.0 Å². The van der Waals surface area contributed by atoms with Gasteiger partial charge in [-0.15, -0.1) is 12.3 Å². The van der Waals surface area contributed by atoms with E-state index in [1.54, 1.807) is 0 Å². The van der Waals surface area contributed by atoms with Crippen LogP contribution in [0.5, 0.6) is 0 Å². The number of unbranched alkanes of at least 4 members (excludes halogenated alkanes) is 2. The van der Waals surface area contributed by atoms with E-state index in [9.17, 15) is 5.11 Å². The highest BCUT2D eigenvalue weighted by molar-refractivity contribution is 4.82. The van der Waals surface area contributed by atoms with Crippen molar-refractivity contribution in [3.63, 3.8) is 0 Å². The van der Waals surface area contributed by atoms with Crippen LogP contribution in [0.3, 0.4) is 0 Å². The zero-order valence-electron chi connectivity index (χ0n) is 12.2. The van der Waals surface area contributed by atoms with Gasteiger partial charge in [0.05, 0.1) is 18.8 Å². The average molecular weight is 267 g/mol. The molecule has 1 saturated carbocycles. The lowest BCUT2D eigenvalue weighted by molar-refractivity contribution is -0.0451. The van der Waals surface area contributed by atoms with Crippen molar-refractivity contribution >= 4 is 0 Å². The molecular formula is C16H29NO2. The van der Waals surface area contributed by atoms with Crippen LogP contribution in [0, 0.1) is 18.3 Å². The molecule has 1 aliphatic carbocycles. The second-order valence-electron chi connectivity index (χ2n) is 5.65. The van der Waals surface area contributed by atoms with E-state index in [0.717, 1.165) is 32.2 Å². The standard InChI is InChI=1S/C16H29NO2/c1-3-4-5-8-11-17-12-15(18)13-19-16-10-7-6-9-14(16)2/h1,14-18H,4-13H2,2H3. The number of terminal acetylenes is 1. The first-order chi connectivity index (χ1) is 9.24. The third-order valence-corrected chi connectivity index (χ3v) is 3.84. The summed E-state index contributed by atoms with van der Waals surface area (Å²) in [4.78, 5) is 0. The predicted molar refractivity (Wildman–Crippen MR) is 78.9 cm³/mol. The molecule has 0 saturated heterocycles. The number of hydrogen-bond acceptors (Lipinski definition) is 3. The maximum absolute atomic E-state index is 9.85. The van der Waals surface area contributed by atoms with Gasteiger partial charge in [-0.2, -0.15) is 0 Å². The van der Waals surface area contributed by atoms with Gasteiger partial charge >= 0.3 is 0 Å². The van der Waals surface area contributed by atoms with E-state index in [1.165, 1.54) is 19.3 Å². The van der Waals surface area contributed by atoms with Crippen molar-refractivity contribution in [3.05, 3.63) is 0 Å². The van der Waals surface area contributed by atoms with Crippen LogP contribution in [0.4, 0.5) is 0 Å². The molecular weight excluding hydrogens is 238 g/mol. The van der Waals surface area contributed by atoms with Gasteiger partial charge in [-0.1, -0.05) is 19.8 Å². The molecule has 3 nitrogen and oxygen atoms in total. The first-order valence-electron chi connectivity index (χ1n) is 7.68. The Balaban J connectivity index is 1.98. The van der Waals surface area contributed by atoms with Crippen LogP contribution >= 0.6 is 0 Å². The van der Waals surface area contributed by atoms with E-state index in [1.807, 2.05) is 0 Å². The smallest absolute Gasteiger partial charge is 0.0897 e. The van der Waals surface area contributed by atoms with Crippen molar-refractivity contribution in [1.82, 2.24) is 5.32 Å². The Kier molecular flexibility index (Phi) is 8.90. The maximum atomic E-state index is 9.85. The van der Waals surface area contributed by atoms with Gasteiger partial charge in [-0.25, -0.2) is 0 Å². The van der Waals surface area contributed by atoms with Crippen LogP contribution in [0.15, 0.2) is 0 Å². The fourth-order valence-corrected chi connectivity index (χ4v) is 2.57. The molecule has 0 radical (unpaired) electrons. The molecule has 19 heavy (non-hydrogen) atoms. The molecule has 110 valence electrons. The van der Waals surface area contributed by atoms with Crippen LogP contribution in [0.1, 0.15) is 51.9 Å². The van der Waals surface area contributed by atoms with Crippen molar-refractivity contribution in [1.29, 1.82) is 0 Å². The molecule has 3 atom stereocenters. The number of hydrogen-bond donors (Lipinski definition) is 2. The Morgan fingerprint density at radius 3 is 2.89 bits per heavy atom. The van der Waals surface area contributed by atoms with Crippen LogP contribution in [0.25, 0.3) is 0 Å². The lowest BCUT2D eigenvalue weighted by Gasteiger charge is -2.29. The summed E-state index contributed by atoms with van der Waals surface area (Å²) in [5, 5.41) is 13.1. The number of aliphatic hydroxyl groups is 1. The second kappa shape index (κ2) is 10.3. The van der Waals surface area contributed by atoms with Gasteiger partial charge in [0.25, 0.3) is 0 Å². The maximum Gasteiger partial charge on any atom is 0.0897 e. The third kappa shape index (κ3) is 7.57. The van der Waals surface area contributed by atoms with E-state index in [-0.39, 0.29) is 0 Å². The summed E-state index contributed by atoms with van der Waals surface area (Å²) in [6.45, 7) is 4.22. The quantitative estimate of drug-likeness (QED) is 0.498. The highest BCUT2D eigenvalue weighted by Gasteiger charge is 2.22. The Morgan fingerprint density at radius 1 is 1.37 bits per heavy atom. The molecule has 0 bridgehead atoms. The predicted octanol–water partition coefficient (Wildman–Crippen LogP) is 2.34. The van der Waals surface area contributed by atoms with Gasteiger partial charge in [0.2, 0.25) is 0 Å². The first-order valence-corrected chi connectivity index (χ1v) is 7.68. The van der Waals surface area contributed by atoms with Crippen molar-refractivity contribution in [2.45, 2.75) is 64.1 Å². The van der Waals surface area contributed by atoms with Crippen molar-refractivity contribution in [3.8, 4) is 12.3 Å². The molecule has 0 amide bonds. The summed E-state index contributed by atoms with van der Waals surface area (Å²) in [6.07, 6.45) is 13.1. The van der Waals surface area contributed by atoms with E-state index in [2.05, 4.69) is 18.2 Å². The van der Waals surface area contributed by atoms with Crippen molar-refractivity contribution in [2.75, 3.05) is 19.7 Å². The number of rotatable bonds is 9. The Morgan fingerprint density at radius 2 is 2.16 bits per heavy atom.